The predicted octanol–water partition coefficient (Wildman–Crippen LogP) is 2.19. The van der Waals surface area contributed by atoms with E-state index in [9.17, 15) is 4.79 Å². The molecule has 17 heavy (non-hydrogen) atoms. The molecule has 1 aliphatic carbocycles. The fourth-order valence-electron chi connectivity index (χ4n) is 1.54. The number of rotatable bonds is 5. The van der Waals surface area contributed by atoms with Gasteiger partial charge in [-0.3, -0.25) is 4.79 Å². The zero-order chi connectivity index (χ0) is 12.3. The molecule has 92 valence electrons. The molecule has 2 N–H and O–H groups in total. The largest absolute Gasteiger partial charge is 0.370 e. The van der Waals surface area contributed by atoms with Crippen molar-refractivity contribution in [1.29, 1.82) is 0 Å². The molecule has 0 bridgehead atoms. The Labute approximate surface area is 102 Å². The zero-order valence-electron chi connectivity index (χ0n) is 10.4. The highest BCUT2D eigenvalue weighted by Gasteiger charge is 2.38. The van der Waals surface area contributed by atoms with E-state index in [4.69, 9.17) is 0 Å². The van der Waals surface area contributed by atoms with Gasteiger partial charge in [-0.25, -0.2) is 4.98 Å². The third-order valence-corrected chi connectivity index (χ3v) is 3.00. The molecule has 1 aromatic heterocycles. The maximum Gasteiger partial charge on any atom is 0.253 e. The third-order valence-electron chi connectivity index (χ3n) is 3.00. The number of nitrogens with zero attached hydrogens (tertiary/aromatic N) is 1. The Morgan fingerprint density at radius 3 is 2.76 bits per heavy atom. The zero-order valence-corrected chi connectivity index (χ0v) is 10.4. The van der Waals surface area contributed by atoms with Crippen molar-refractivity contribution in [3.63, 3.8) is 0 Å². The van der Waals surface area contributed by atoms with Crippen molar-refractivity contribution in [2.75, 3.05) is 11.9 Å². The van der Waals surface area contributed by atoms with Crippen LogP contribution in [0.2, 0.25) is 0 Å². The van der Waals surface area contributed by atoms with Crippen LogP contribution in [0, 0.1) is 0 Å². The van der Waals surface area contributed by atoms with Crippen molar-refractivity contribution in [1.82, 2.24) is 10.3 Å². The standard InChI is InChI=1S/C13H19N3O/c1-3-8-14-11-5-4-10(9-15-11)12(17)16-13(2)6-7-13/h4-5,9H,3,6-8H2,1-2H3,(H,14,15)(H,16,17). The summed E-state index contributed by atoms with van der Waals surface area (Å²) in [5.74, 6) is 0.792. The van der Waals surface area contributed by atoms with Gasteiger partial charge in [0.15, 0.2) is 0 Å². The molecule has 4 nitrogen and oxygen atoms in total. The number of carbonyl (C=O) groups is 1. The summed E-state index contributed by atoms with van der Waals surface area (Å²) in [5.41, 5.74) is 0.649. The number of anilines is 1. The molecule has 0 unspecified atom stereocenters. The first kappa shape index (κ1) is 11.9. The molecular formula is C13H19N3O. The van der Waals surface area contributed by atoms with Crippen molar-refractivity contribution in [2.45, 2.75) is 38.6 Å². The molecular weight excluding hydrogens is 214 g/mol. The van der Waals surface area contributed by atoms with Crippen LogP contribution >= 0.6 is 0 Å². The maximum absolute atomic E-state index is 11.9. The van der Waals surface area contributed by atoms with E-state index in [0.717, 1.165) is 31.6 Å². The van der Waals surface area contributed by atoms with Crippen LogP contribution in [0.1, 0.15) is 43.5 Å². The second-order valence-corrected chi connectivity index (χ2v) is 4.87. The maximum atomic E-state index is 11.9. The summed E-state index contributed by atoms with van der Waals surface area (Å²) in [6.45, 7) is 5.07. The highest BCUT2D eigenvalue weighted by Crippen LogP contribution is 2.34. The lowest BCUT2D eigenvalue weighted by Crippen LogP contribution is -2.34. The Morgan fingerprint density at radius 1 is 1.47 bits per heavy atom. The summed E-state index contributed by atoms with van der Waals surface area (Å²) in [6.07, 6.45) is 4.83. The van der Waals surface area contributed by atoms with E-state index in [2.05, 4.69) is 29.5 Å². The molecule has 1 aromatic rings. The fourth-order valence-corrected chi connectivity index (χ4v) is 1.54. The number of carbonyl (C=O) groups excluding carboxylic acids is 1. The van der Waals surface area contributed by atoms with Gasteiger partial charge in [-0.1, -0.05) is 6.92 Å². The number of aromatic nitrogens is 1. The lowest BCUT2D eigenvalue weighted by molar-refractivity contribution is 0.0935. The van der Waals surface area contributed by atoms with E-state index in [0.29, 0.717) is 5.56 Å². The van der Waals surface area contributed by atoms with Gasteiger partial charge in [0.1, 0.15) is 5.82 Å². The van der Waals surface area contributed by atoms with Crippen LogP contribution in [0.3, 0.4) is 0 Å². The second kappa shape index (κ2) is 4.73. The molecule has 1 heterocycles. The summed E-state index contributed by atoms with van der Waals surface area (Å²) in [6, 6.07) is 3.66. The molecule has 2 rings (SSSR count). The minimum absolute atomic E-state index is 0.0240. The van der Waals surface area contributed by atoms with Crippen molar-refractivity contribution in [2.24, 2.45) is 0 Å². The van der Waals surface area contributed by atoms with Gasteiger partial charge in [-0.2, -0.15) is 0 Å². The minimum Gasteiger partial charge on any atom is -0.370 e. The molecule has 0 aliphatic heterocycles. The van der Waals surface area contributed by atoms with Crippen LogP contribution in [-0.2, 0) is 0 Å². The average molecular weight is 233 g/mol. The van der Waals surface area contributed by atoms with Crippen LogP contribution in [0.5, 0.6) is 0 Å². The van der Waals surface area contributed by atoms with Gasteiger partial charge >= 0.3 is 0 Å². The smallest absolute Gasteiger partial charge is 0.253 e. The first-order valence-corrected chi connectivity index (χ1v) is 6.15. The summed E-state index contributed by atoms with van der Waals surface area (Å²) >= 11 is 0. The molecule has 1 amide bonds. The highest BCUT2D eigenvalue weighted by molar-refractivity contribution is 5.94. The lowest BCUT2D eigenvalue weighted by atomic mass is 10.2. The number of pyridine rings is 1. The minimum atomic E-state index is -0.0282. The number of hydrogen-bond acceptors (Lipinski definition) is 3. The quantitative estimate of drug-likeness (QED) is 0.819. The summed E-state index contributed by atoms with van der Waals surface area (Å²) in [4.78, 5) is 16.1. The Kier molecular flexibility index (Phi) is 3.31. The van der Waals surface area contributed by atoms with E-state index in [-0.39, 0.29) is 11.4 Å². The van der Waals surface area contributed by atoms with E-state index in [1.807, 2.05) is 12.1 Å². The summed E-state index contributed by atoms with van der Waals surface area (Å²) in [7, 11) is 0. The first-order chi connectivity index (χ1) is 8.13. The topological polar surface area (TPSA) is 54.0 Å². The summed E-state index contributed by atoms with van der Waals surface area (Å²) < 4.78 is 0. The van der Waals surface area contributed by atoms with Gasteiger partial charge in [-0.05, 0) is 38.3 Å². The lowest BCUT2D eigenvalue weighted by Gasteiger charge is -2.11. The van der Waals surface area contributed by atoms with Gasteiger partial charge < -0.3 is 10.6 Å². The van der Waals surface area contributed by atoms with Gasteiger partial charge in [0.25, 0.3) is 5.91 Å². The monoisotopic (exact) mass is 233 g/mol. The molecule has 0 radical (unpaired) electrons. The van der Waals surface area contributed by atoms with Crippen molar-refractivity contribution < 1.29 is 4.79 Å². The first-order valence-electron chi connectivity index (χ1n) is 6.15. The third kappa shape index (κ3) is 3.19. The number of amides is 1. The van der Waals surface area contributed by atoms with Crippen LogP contribution in [0.15, 0.2) is 18.3 Å². The van der Waals surface area contributed by atoms with Crippen LogP contribution in [0.4, 0.5) is 5.82 Å². The SMILES string of the molecule is CCCNc1ccc(C(=O)NC2(C)CC2)cn1. The molecule has 4 heteroatoms. The van der Waals surface area contributed by atoms with Crippen LogP contribution in [-0.4, -0.2) is 23.0 Å². The Balaban J connectivity index is 1.94. The van der Waals surface area contributed by atoms with Crippen LogP contribution in [0.25, 0.3) is 0 Å². The molecule has 0 atom stereocenters. The fraction of sp³-hybridized carbons (Fsp3) is 0.538. The Hall–Kier alpha value is -1.58. The van der Waals surface area contributed by atoms with Gasteiger partial charge in [0, 0.05) is 18.3 Å². The molecule has 1 aliphatic rings. The van der Waals surface area contributed by atoms with E-state index in [1.165, 1.54) is 0 Å². The van der Waals surface area contributed by atoms with E-state index >= 15 is 0 Å². The second-order valence-electron chi connectivity index (χ2n) is 4.87. The van der Waals surface area contributed by atoms with Crippen molar-refractivity contribution in [3.8, 4) is 0 Å². The van der Waals surface area contributed by atoms with Crippen molar-refractivity contribution >= 4 is 11.7 Å². The van der Waals surface area contributed by atoms with Gasteiger partial charge in [0.05, 0.1) is 5.56 Å². The van der Waals surface area contributed by atoms with E-state index in [1.54, 1.807) is 6.20 Å². The summed E-state index contributed by atoms with van der Waals surface area (Å²) in [5, 5.41) is 6.19. The highest BCUT2D eigenvalue weighted by atomic mass is 16.1. The number of hydrogen-bond donors (Lipinski definition) is 2. The van der Waals surface area contributed by atoms with Gasteiger partial charge in [-0.15, -0.1) is 0 Å². The average Bonchev–Trinajstić information content (AvgIpc) is 3.04. The predicted molar refractivity (Wildman–Crippen MR) is 68.1 cm³/mol. The normalized spacial score (nSPS) is 16.4. The Bertz CT molecular complexity index is 396. The Morgan fingerprint density at radius 2 is 2.24 bits per heavy atom. The molecule has 1 fully saturated rings. The van der Waals surface area contributed by atoms with Crippen LogP contribution < -0.4 is 10.6 Å². The molecule has 0 spiro atoms. The van der Waals surface area contributed by atoms with Gasteiger partial charge in [0.2, 0.25) is 0 Å². The molecule has 0 aromatic carbocycles. The number of nitrogens with one attached hydrogen (secondary N) is 2. The van der Waals surface area contributed by atoms with Crippen molar-refractivity contribution in [3.05, 3.63) is 23.9 Å². The molecule has 0 saturated heterocycles. The van der Waals surface area contributed by atoms with E-state index < -0.39 is 0 Å². The molecule has 1 saturated carbocycles.